The third-order valence-corrected chi connectivity index (χ3v) is 9.65. The van der Waals surface area contributed by atoms with Crippen LogP contribution in [0, 0.1) is 5.82 Å². The van der Waals surface area contributed by atoms with Gasteiger partial charge < -0.3 is 9.64 Å². The lowest BCUT2D eigenvalue weighted by molar-refractivity contribution is -0.135. The maximum atomic E-state index is 13.7. The molecule has 2 atom stereocenters. The van der Waals surface area contributed by atoms with Crippen molar-refractivity contribution in [3.63, 3.8) is 0 Å². The smallest absolute Gasteiger partial charge is 0.243 e. The zero-order valence-corrected chi connectivity index (χ0v) is 22.5. The predicted octanol–water partition coefficient (Wildman–Crippen LogP) is 5.53. The van der Waals surface area contributed by atoms with Crippen molar-refractivity contribution in [2.24, 2.45) is 0 Å². The second-order valence-corrected chi connectivity index (χ2v) is 12.0. The van der Waals surface area contributed by atoms with E-state index in [1.165, 1.54) is 45.6 Å². The average Bonchev–Trinajstić information content (AvgIpc) is 3.35. The van der Waals surface area contributed by atoms with Crippen LogP contribution in [0.4, 0.5) is 4.39 Å². The molecule has 192 valence electrons. The van der Waals surface area contributed by atoms with E-state index in [2.05, 4.69) is 0 Å². The van der Waals surface area contributed by atoms with Gasteiger partial charge in [-0.05, 0) is 85.3 Å². The van der Waals surface area contributed by atoms with Gasteiger partial charge in [0.2, 0.25) is 15.9 Å². The van der Waals surface area contributed by atoms with Crippen LogP contribution in [0.5, 0.6) is 5.75 Å². The van der Waals surface area contributed by atoms with E-state index in [1.807, 2.05) is 18.4 Å². The van der Waals surface area contributed by atoms with E-state index in [9.17, 15) is 17.6 Å². The molecule has 0 saturated heterocycles. The first-order valence-electron chi connectivity index (χ1n) is 11.7. The molecule has 1 aliphatic heterocycles. The minimum Gasteiger partial charge on any atom is -0.491 e. The highest BCUT2D eigenvalue weighted by Gasteiger charge is 2.36. The number of sulfonamides is 1. The van der Waals surface area contributed by atoms with Crippen molar-refractivity contribution in [2.45, 2.75) is 43.7 Å². The highest BCUT2D eigenvalue weighted by molar-refractivity contribution is 7.89. The van der Waals surface area contributed by atoms with E-state index in [4.69, 9.17) is 16.3 Å². The summed E-state index contributed by atoms with van der Waals surface area (Å²) in [6.45, 7) is 4.03. The van der Waals surface area contributed by atoms with Gasteiger partial charge in [-0.25, -0.2) is 12.8 Å². The van der Waals surface area contributed by atoms with E-state index in [-0.39, 0.29) is 41.9 Å². The molecule has 0 saturated carbocycles. The molecule has 3 aromatic rings. The monoisotopic (exact) mass is 550 g/mol. The summed E-state index contributed by atoms with van der Waals surface area (Å²) in [4.78, 5) is 16.6. The molecule has 0 unspecified atom stereocenters. The molecule has 0 spiro atoms. The minimum atomic E-state index is -3.93. The Morgan fingerprint density at radius 3 is 2.56 bits per heavy atom. The number of amides is 1. The van der Waals surface area contributed by atoms with E-state index in [0.717, 1.165) is 5.56 Å². The van der Waals surface area contributed by atoms with Crippen molar-refractivity contribution in [2.75, 3.05) is 19.7 Å². The Hall–Kier alpha value is -2.46. The number of carbonyl (C=O) groups excluding carboxylic acids is 1. The third kappa shape index (κ3) is 5.75. The Kier molecular flexibility index (Phi) is 8.34. The van der Waals surface area contributed by atoms with E-state index in [1.54, 1.807) is 35.3 Å². The SMILES string of the molecule is CC[C@H](C)N(CC(=O)N1CCc2sccc2[C@@H]1COc1ccc(F)cc1)S(=O)(=O)c1ccc(Cl)cc1. The zero-order chi connectivity index (χ0) is 25.9. The maximum Gasteiger partial charge on any atom is 0.243 e. The first-order chi connectivity index (χ1) is 17.2. The molecule has 4 rings (SSSR count). The summed E-state index contributed by atoms with van der Waals surface area (Å²) in [5.74, 6) is -0.154. The van der Waals surface area contributed by atoms with Crippen LogP contribution in [0.2, 0.25) is 5.02 Å². The second kappa shape index (κ2) is 11.3. The number of ether oxygens (including phenoxy) is 1. The van der Waals surface area contributed by atoms with Gasteiger partial charge in [0.1, 0.15) is 18.2 Å². The number of benzene rings is 2. The number of rotatable bonds is 9. The molecule has 6 nitrogen and oxygen atoms in total. The van der Waals surface area contributed by atoms with Gasteiger partial charge in [0.15, 0.2) is 0 Å². The van der Waals surface area contributed by atoms with Crippen molar-refractivity contribution >= 4 is 38.9 Å². The molecule has 10 heteroatoms. The van der Waals surface area contributed by atoms with Crippen LogP contribution in [-0.2, 0) is 21.2 Å². The van der Waals surface area contributed by atoms with Gasteiger partial charge in [-0.2, -0.15) is 4.31 Å². The highest BCUT2D eigenvalue weighted by atomic mass is 35.5. The molecule has 0 aliphatic carbocycles. The van der Waals surface area contributed by atoms with Crippen molar-refractivity contribution in [1.29, 1.82) is 0 Å². The normalized spacial score (nSPS) is 16.6. The van der Waals surface area contributed by atoms with Crippen LogP contribution in [-0.4, -0.2) is 49.3 Å². The van der Waals surface area contributed by atoms with Gasteiger partial charge in [0, 0.05) is 22.5 Å². The largest absolute Gasteiger partial charge is 0.491 e. The number of carbonyl (C=O) groups is 1. The molecular weight excluding hydrogens is 523 g/mol. The van der Waals surface area contributed by atoms with Crippen LogP contribution in [0.3, 0.4) is 0 Å². The van der Waals surface area contributed by atoms with E-state index in [0.29, 0.717) is 30.2 Å². The van der Waals surface area contributed by atoms with Crippen molar-refractivity contribution in [3.8, 4) is 5.75 Å². The Labute approximate surface area is 220 Å². The Bertz CT molecular complexity index is 1300. The number of hydrogen-bond donors (Lipinski definition) is 0. The molecule has 0 bridgehead atoms. The maximum absolute atomic E-state index is 13.7. The summed E-state index contributed by atoms with van der Waals surface area (Å²) >= 11 is 7.58. The molecule has 0 fully saturated rings. The molecule has 1 amide bonds. The Morgan fingerprint density at radius 2 is 1.89 bits per heavy atom. The third-order valence-electron chi connectivity index (χ3n) is 6.43. The van der Waals surface area contributed by atoms with Crippen LogP contribution in [0.1, 0.15) is 36.8 Å². The number of halogens is 2. The first-order valence-corrected chi connectivity index (χ1v) is 14.4. The summed E-state index contributed by atoms with van der Waals surface area (Å²) in [5, 5.41) is 2.42. The van der Waals surface area contributed by atoms with Gasteiger partial charge in [-0.15, -0.1) is 11.3 Å². The van der Waals surface area contributed by atoms with Crippen LogP contribution in [0.25, 0.3) is 0 Å². The van der Waals surface area contributed by atoms with Gasteiger partial charge in [-0.3, -0.25) is 4.79 Å². The average molecular weight is 551 g/mol. The summed E-state index contributed by atoms with van der Waals surface area (Å²) in [6.07, 6.45) is 1.24. The molecule has 2 aromatic carbocycles. The standard InChI is InChI=1S/C26H28ClFN2O4S2/c1-3-18(2)30(36(32,33)22-10-4-19(27)5-11-22)16-26(31)29-14-12-25-23(13-15-35-25)24(29)17-34-21-8-6-20(28)7-9-21/h4-11,13,15,18,24H,3,12,14,16-17H2,1-2H3/t18-,24-/m0/s1. The number of fused-ring (bicyclic) bond motifs is 1. The van der Waals surface area contributed by atoms with Crippen molar-refractivity contribution < 1.29 is 22.3 Å². The number of hydrogen-bond acceptors (Lipinski definition) is 5. The fourth-order valence-electron chi connectivity index (χ4n) is 4.23. The summed E-state index contributed by atoms with van der Waals surface area (Å²) in [6, 6.07) is 12.9. The second-order valence-electron chi connectivity index (χ2n) is 8.68. The molecular formula is C26H28ClFN2O4S2. The highest BCUT2D eigenvalue weighted by Crippen LogP contribution is 2.34. The molecule has 1 aliphatic rings. The fourth-order valence-corrected chi connectivity index (χ4v) is 6.94. The van der Waals surface area contributed by atoms with E-state index >= 15 is 0 Å². The quantitative estimate of drug-likeness (QED) is 0.351. The summed E-state index contributed by atoms with van der Waals surface area (Å²) in [7, 11) is -3.93. The topological polar surface area (TPSA) is 66.9 Å². The summed E-state index contributed by atoms with van der Waals surface area (Å²) < 4.78 is 47.5. The number of nitrogens with zero attached hydrogens (tertiary/aromatic N) is 2. The lowest BCUT2D eigenvalue weighted by Gasteiger charge is -2.37. The minimum absolute atomic E-state index is 0.0926. The van der Waals surface area contributed by atoms with Crippen LogP contribution in [0.15, 0.2) is 64.9 Å². The Balaban J connectivity index is 1.58. The molecule has 36 heavy (non-hydrogen) atoms. The fraction of sp³-hybridized carbons (Fsp3) is 0.346. The van der Waals surface area contributed by atoms with E-state index < -0.39 is 10.0 Å². The van der Waals surface area contributed by atoms with Crippen molar-refractivity contribution in [1.82, 2.24) is 9.21 Å². The lowest BCUT2D eigenvalue weighted by atomic mass is 10.0. The molecule has 1 aromatic heterocycles. The zero-order valence-electron chi connectivity index (χ0n) is 20.1. The van der Waals surface area contributed by atoms with Gasteiger partial charge >= 0.3 is 0 Å². The predicted molar refractivity (Wildman–Crippen MR) is 139 cm³/mol. The van der Waals surface area contributed by atoms with Gasteiger partial charge in [0.25, 0.3) is 0 Å². The van der Waals surface area contributed by atoms with Crippen molar-refractivity contribution in [3.05, 3.63) is 81.3 Å². The lowest BCUT2D eigenvalue weighted by Crippen LogP contribution is -2.49. The van der Waals surface area contributed by atoms with Crippen LogP contribution < -0.4 is 4.74 Å². The van der Waals surface area contributed by atoms with Crippen LogP contribution >= 0.6 is 22.9 Å². The van der Waals surface area contributed by atoms with Gasteiger partial charge in [-0.1, -0.05) is 18.5 Å². The number of thiophene rings is 1. The molecule has 2 heterocycles. The molecule has 0 N–H and O–H groups in total. The summed E-state index contributed by atoms with van der Waals surface area (Å²) in [5.41, 5.74) is 0.998. The molecule has 0 radical (unpaired) electrons. The first kappa shape index (κ1) is 26.6. The Morgan fingerprint density at radius 1 is 1.19 bits per heavy atom. The van der Waals surface area contributed by atoms with Gasteiger partial charge in [0.05, 0.1) is 17.5 Å².